The van der Waals surface area contributed by atoms with Gasteiger partial charge < -0.3 is 15.2 Å². The highest BCUT2D eigenvalue weighted by molar-refractivity contribution is 5.95. The lowest BCUT2D eigenvalue weighted by Crippen LogP contribution is -2.32. The molecular weight excluding hydrogens is 302 g/mol. The summed E-state index contributed by atoms with van der Waals surface area (Å²) in [7, 11) is 0. The molecule has 1 amide bonds. The molecule has 0 heterocycles. The lowest BCUT2D eigenvalue weighted by atomic mass is 10.0. The van der Waals surface area contributed by atoms with Gasteiger partial charge in [-0.3, -0.25) is 4.79 Å². The fraction of sp³-hybridized carbons (Fsp3) is 0.350. The molecule has 0 bridgehead atoms. The Hall–Kier alpha value is -2.33. The maximum atomic E-state index is 12.4. The number of carbonyl (C=O) groups excluding carboxylic acids is 1. The molecule has 0 saturated heterocycles. The van der Waals surface area contributed by atoms with Crippen LogP contribution in [0.2, 0.25) is 0 Å². The van der Waals surface area contributed by atoms with Crippen molar-refractivity contribution in [3.05, 3.63) is 54.1 Å². The number of nitrogens with one attached hydrogen (secondary N) is 1. The first-order chi connectivity index (χ1) is 11.7. The Labute approximate surface area is 143 Å². The highest BCUT2D eigenvalue weighted by atomic mass is 16.5. The van der Waals surface area contributed by atoms with Crippen LogP contribution in [-0.4, -0.2) is 30.3 Å². The van der Waals surface area contributed by atoms with E-state index in [4.69, 9.17) is 9.84 Å². The van der Waals surface area contributed by atoms with Gasteiger partial charge in [-0.1, -0.05) is 30.3 Å². The zero-order valence-corrected chi connectivity index (χ0v) is 14.3. The van der Waals surface area contributed by atoms with Crippen LogP contribution in [-0.2, 0) is 0 Å². The molecule has 4 nitrogen and oxygen atoms in total. The van der Waals surface area contributed by atoms with Gasteiger partial charge in [0.05, 0.1) is 6.61 Å². The van der Waals surface area contributed by atoms with Crippen LogP contribution >= 0.6 is 0 Å². The number of ether oxygens (including phenoxy) is 1. The van der Waals surface area contributed by atoms with E-state index in [0.29, 0.717) is 18.6 Å². The predicted octanol–water partition coefficient (Wildman–Crippen LogP) is 3.64. The van der Waals surface area contributed by atoms with Crippen molar-refractivity contribution < 1.29 is 14.6 Å². The summed E-state index contributed by atoms with van der Waals surface area (Å²) in [6.45, 7) is 4.64. The number of amides is 1. The lowest BCUT2D eigenvalue weighted by molar-refractivity contribution is 0.0936. The minimum atomic E-state index is -0.101. The number of para-hydroxylation sites is 1. The second-order valence-corrected chi connectivity index (χ2v) is 5.75. The summed E-state index contributed by atoms with van der Waals surface area (Å²) in [5, 5.41) is 11.8. The molecule has 2 N–H and O–H groups in total. The van der Waals surface area contributed by atoms with Gasteiger partial charge in [-0.2, -0.15) is 0 Å². The fourth-order valence-electron chi connectivity index (χ4n) is 2.59. The summed E-state index contributed by atoms with van der Waals surface area (Å²) in [5.41, 5.74) is 2.55. The molecule has 2 rings (SSSR count). The van der Waals surface area contributed by atoms with Gasteiger partial charge in [0.25, 0.3) is 5.91 Å². The molecule has 0 aliphatic heterocycles. The third-order valence-electron chi connectivity index (χ3n) is 3.80. The molecule has 0 radical (unpaired) electrons. The van der Waals surface area contributed by atoms with Crippen LogP contribution in [0.4, 0.5) is 0 Å². The highest BCUT2D eigenvalue weighted by Gasteiger charge is 2.12. The van der Waals surface area contributed by atoms with Gasteiger partial charge in [0.2, 0.25) is 0 Å². The van der Waals surface area contributed by atoms with Crippen molar-refractivity contribution >= 4 is 5.91 Å². The molecule has 0 spiro atoms. The molecule has 0 fully saturated rings. The van der Waals surface area contributed by atoms with Gasteiger partial charge in [-0.05, 0) is 50.5 Å². The summed E-state index contributed by atoms with van der Waals surface area (Å²) >= 11 is 0. The summed E-state index contributed by atoms with van der Waals surface area (Å²) in [6.07, 6.45) is 1.44. The van der Waals surface area contributed by atoms with Crippen molar-refractivity contribution in [3.63, 3.8) is 0 Å². The third kappa shape index (κ3) is 4.83. The average molecular weight is 327 g/mol. The molecule has 0 aliphatic carbocycles. The number of aliphatic hydroxyl groups excluding tert-OH is 1. The molecule has 2 aromatic rings. The van der Waals surface area contributed by atoms with Crippen molar-refractivity contribution in [1.82, 2.24) is 5.32 Å². The molecule has 1 unspecified atom stereocenters. The summed E-state index contributed by atoms with van der Waals surface area (Å²) in [4.78, 5) is 12.4. The van der Waals surface area contributed by atoms with Crippen molar-refractivity contribution in [2.24, 2.45) is 0 Å². The Bertz CT molecular complexity index is 669. The number of hydrogen-bond acceptors (Lipinski definition) is 3. The SMILES string of the molecule is CCOc1ccccc1-c1cccc(C(=O)NC(C)CCCO)c1. The second-order valence-electron chi connectivity index (χ2n) is 5.75. The average Bonchev–Trinajstić information content (AvgIpc) is 2.61. The van der Waals surface area contributed by atoms with E-state index in [2.05, 4.69) is 5.32 Å². The Morgan fingerprint density at radius 2 is 2.00 bits per heavy atom. The molecule has 4 heteroatoms. The molecule has 0 saturated carbocycles. The van der Waals surface area contributed by atoms with Crippen molar-refractivity contribution in [2.75, 3.05) is 13.2 Å². The van der Waals surface area contributed by atoms with Crippen LogP contribution in [0.25, 0.3) is 11.1 Å². The van der Waals surface area contributed by atoms with Crippen LogP contribution < -0.4 is 10.1 Å². The van der Waals surface area contributed by atoms with E-state index < -0.39 is 0 Å². The molecular formula is C20H25NO3. The van der Waals surface area contributed by atoms with E-state index in [1.807, 2.05) is 56.3 Å². The lowest BCUT2D eigenvalue weighted by Gasteiger charge is -2.14. The van der Waals surface area contributed by atoms with Gasteiger partial charge in [0.15, 0.2) is 0 Å². The topological polar surface area (TPSA) is 58.6 Å². The van der Waals surface area contributed by atoms with Crippen LogP contribution in [0.1, 0.15) is 37.0 Å². The summed E-state index contributed by atoms with van der Waals surface area (Å²) < 4.78 is 5.68. The first kappa shape index (κ1) is 18.0. The van der Waals surface area contributed by atoms with Crippen molar-refractivity contribution in [1.29, 1.82) is 0 Å². The quantitative estimate of drug-likeness (QED) is 0.778. The largest absolute Gasteiger partial charge is 0.493 e. The molecule has 1 atom stereocenters. The number of benzene rings is 2. The first-order valence-corrected chi connectivity index (χ1v) is 8.39. The predicted molar refractivity (Wildman–Crippen MR) is 96.3 cm³/mol. The van der Waals surface area contributed by atoms with E-state index in [9.17, 15) is 4.79 Å². The Balaban J connectivity index is 2.18. The number of rotatable bonds is 8. The van der Waals surface area contributed by atoms with Crippen molar-refractivity contribution in [3.8, 4) is 16.9 Å². The molecule has 0 aromatic heterocycles. The van der Waals surface area contributed by atoms with E-state index in [1.54, 1.807) is 6.07 Å². The molecule has 0 aliphatic rings. The van der Waals surface area contributed by atoms with E-state index in [1.165, 1.54) is 0 Å². The highest BCUT2D eigenvalue weighted by Crippen LogP contribution is 2.30. The minimum Gasteiger partial charge on any atom is -0.493 e. The van der Waals surface area contributed by atoms with Crippen LogP contribution in [0, 0.1) is 0 Å². The third-order valence-corrected chi connectivity index (χ3v) is 3.80. The first-order valence-electron chi connectivity index (χ1n) is 8.39. The Morgan fingerprint density at radius 1 is 1.21 bits per heavy atom. The number of aliphatic hydroxyl groups is 1. The normalized spacial score (nSPS) is 11.8. The zero-order valence-electron chi connectivity index (χ0n) is 14.3. The molecule has 128 valence electrons. The van der Waals surface area contributed by atoms with Gasteiger partial charge in [-0.15, -0.1) is 0 Å². The Morgan fingerprint density at radius 3 is 2.75 bits per heavy atom. The fourth-order valence-corrected chi connectivity index (χ4v) is 2.59. The summed E-state index contributed by atoms with van der Waals surface area (Å²) in [5.74, 6) is 0.713. The van der Waals surface area contributed by atoms with Gasteiger partial charge in [0.1, 0.15) is 5.75 Å². The van der Waals surface area contributed by atoms with Gasteiger partial charge >= 0.3 is 0 Å². The van der Waals surface area contributed by atoms with E-state index >= 15 is 0 Å². The monoisotopic (exact) mass is 327 g/mol. The molecule has 24 heavy (non-hydrogen) atoms. The maximum Gasteiger partial charge on any atom is 0.251 e. The molecule has 2 aromatic carbocycles. The standard InChI is InChI=1S/C20H25NO3/c1-3-24-19-12-5-4-11-18(19)16-9-6-10-17(14-16)20(23)21-15(2)8-7-13-22/h4-6,9-12,14-15,22H,3,7-8,13H2,1-2H3,(H,21,23). The van der Waals surface area contributed by atoms with Crippen LogP contribution in [0.3, 0.4) is 0 Å². The second kappa shape index (κ2) is 9.08. The van der Waals surface area contributed by atoms with Crippen molar-refractivity contribution in [2.45, 2.75) is 32.7 Å². The van der Waals surface area contributed by atoms with Crippen LogP contribution in [0.15, 0.2) is 48.5 Å². The summed E-state index contributed by atoms with van der Waals surface area (Å²) in [6, 6.07) is 15.4. The van der Waals surface area contributed by atoms with E-state index in [0.717, 1.165) is 23.3 Å². The maximum absolute atomic E-state index is 12.4. The van der Waals surface area contributed by atoms with Gasteiger partial charge in [-0.25, -0.2) is 0 Å². The van der Waals surface area contributed by atoms with Gasteiger partial charge in [0, 0.05) is 23.8 Å². The number of carbonyl (C=O) groups is 1. The Kier molecular flexibility index (Phi) is 6.82. The number of hydrogen-bond donors (Lipinski definition) is 2. The van der Waals surface area contributed by atoms with E-state index in [-0.39, 0.29) is 18.6 Å². The smallest absolute Gasteiger partial charge is 0.251 e. The zero-order chi connectivity index (χ0) is 17.4. The minimum absolute atomic E-state index is 0.0315. The van der Waals surface area contributed by atoms with Crippen LogP contribution in [0.5, 0.6) is 5.75 Å².